The third-order valence-electron chi connectivity index (χ3n) is 2.83. The molecule has 2 aromatic rings. The monoisotopic (exact) mass is 296 g/mol. The Morgan fingerprint density at radius 3 is 2.00 bits per heavy atom. The summed E-state index contributed by atoms with van der Waals surface area (Å²) in [5.74, 6) is 0.492. The Morgan fingerprint density at radius 1 is 0.842 bits per heavy atom. The van der Waals surface area contributed by atoms with Crippen LogP contribution in [0.15, 0.2) is 0 Å². The molecule has 0 fully saturated rings. The number of unbranched alkanes of at least 4 members (excludes halogenated alkanes) is 2. The summed E-state index contributed by atoms with van der Waals surface area (Å²) in [5, 5.41) is 21.2. The molecule has 0 aliphatic rings. The van der Waals surface area contributed by atoms with Gasteiger partial charge in [0.1, 0.15) is 20.0 Å². The summed E-state index contributed by atoms with van der Waals surface area (Å²) in [5.41, 5.74) is 0. The van der Waals surface area contributed by atoms with Gasteiger partial charge in [0.25, 0.3) is 0 Å². The minimum absolute atomic E-state index is 0.492. The van der Waals surface area contributed by atoms with Crippen molar-refractivity contribution in [1.29, 1.82) is 0 Å². The Morgan fingerprint density at radius 2 is 1.47 bits per heavy atom. The lowest BCUT2D eigenvalue weighted by Crippen LogP contribution is -1.88. The molecule has 19 heavy (non-hydrogen) atoms. The third kappa shape index (κ3) is 4.62. The maximum Gasteiger partial charge on any atom is 0.119 e. The van der Waals surface area contributed by atoms with Crippen LogP contribution in [-0.4, -0.2) is 20.4 Å². The van der Waals surface area contributed by atoms with Crippen LogP contribution in [0.3, 0.4) is 0 Å². The summed E-state index contributed by atoms with van der Waals surface area (Å²) >= 11 is 3.46. The van der Waals surface area contributed by atoms with Crippen molar-refractivity contribution in [3.63, 3.8) is 0 Å². The molecular weight excluding hydrogens is 276 g/mol. The SMILES string of the molecule is Cc1nnc(CCCCCc2nnc(C(C)C)s2)s1. The molecule has 0 unspecified atom stereocenters. The molecule has 0 saturated heterocycles. The van der Waals surface area contributed by atoms with Gasteiger partial charge < -0.3 is 0 Å². The Labute approximate surface area is 122 Å². The maximum absolute atomic E-state index is 4.24. The fraction of sp³-hybridized carbons (Fsp3) is 0.692. The molecule has 0 radical (unpaired) electrons. The lowest BCUT2D eigenvalue weighted by atomic mass is 10.1. The van der Waals surface area contributed by atoms with Crippen molar-refractivity contribution in [3.05, 3.63) is 20.0 Å². The van der Waals surface area contributed by atoms with Crippen LogP contribution in [0.4, 0.5) is 0 Å². The second kappa shape index (κ2) is 7.05. The number of rotatable bonds is 7. The summed E-state index contributed by atoms with van der Waals surface area (Å²) in [6.07, 6.45) is 5.70. The summed E-state index contributed by atoms with van der Waals surface area (Å²) in [7, 11) is 0. The average Bonchev–Trinajstić information content (AvgIpc) is 2.98. The lowest BCUT2D eigenvalue weighted by molar-refractivity contribution is 0.669. The number of hydrogen-bond donors (Lipinski definition) is 0. The molecule has 6 heteroatoms. The topological polar surface area (TPSA) is 51.6 Å². The fourth-order valence-electron chi connectivity index (χ4n) is 1.77. The van der Waals surface area contributed by atoms with E-state index in [1.165, 1.54) is 24.3 Å². The highest BCUT2D eigenvalue weighted by Crippen LogP contribution is 2.20. The van der Waals surface area contributed by atoms with Gasteiger partial charge in [-0.1, -0.05) is 20.3 Å². The smallest absolute Gasteiger partial charge is 0.119 e. The predicted molar refractivity (Wildman–Crippen MR) is 79.9 cm³/mol. The molecule has 0 saturated carbocycles. The Balaban J connectivity index is 1.63. The fourth-order valence-corrected chi connectivity index (χ4v) is 3.41. The van der Waals surface area contributed by atoms with Gasteiger partial charge in [-0.25, -0.2) is 0 Å². The van der Waals surface area contributed by atoms with E-state index in [2.05, 4.69) is 34.2 Å². The molecule has 4 nitrogen and oxygen atoms in total. The molecule has 2 heterocycles. The first-order valence-electron chi connectivity index (χ1n) is 6.76. The zero-order chi connectivity index (χ0) is 13.7. The van der Waals surface area contributed by atoms with E-state index < -0.39 is 0 Å². The predicted octanol–water partition coefficient (Wildman–Crippen LogP) is 3.78. The van der Waals surface area contributed by atoms with E-state index in [4.69, 9.17) is 0 Å². The highest BCUT2D eigenvalue weighted by molar-refractivity contribution is 7.11. The third-order valence-corrected chi connectivity index (χ3v) is 5.01. The van der Waals surface area contributed by atoms with E-state index in [1.807, 2.05) is 6.92 Å². The van der Waals surface area contributed by atoms with E-state index in [0.717, 1.165) is 27.9 Å². The van der Waals surface area contributed by atoms with Gasteiger partial charge in [-0.3, -0.25) is 0 Å². The first-order chi connectivity index (χ1) is 9.15. The minimum Gasteiger partial charge on any atom is -0.144 e. The van der Waals surface area contributed by atoms with Gasteiger partial charge in [0.15, 0.2) is 0 Å². The quantitative estimate of drug-likeness (QED) is 0.730. The molecule has 0 amide bonds. The maximum atomic E-state index is 4.24. The highest BCUT2D eigenvalue weighted by Gasteiger charge is 2.07. The van der Waals surface area contributed by atoms with Crippen LogP contribution < -0.4 is 0 Å². The average molecular weight is 296 g/mol. The number of aryl methyl sites for hydroxylation is 3. The van der Waals surface area contributed by atoms with Gasteiger partial charge in [0.2, 0.25) is 0 Å². The van der Waals surface area contributed by atoms with Crippen molar-refractivity contribution in [2.45, 2.75) is 58.8 Å². The van der Waals surface area contributed by atoms with Crippen LogP contribution in [-0.2, 0) is 12.8 Å². The van der Waals surface area contributed by atoms with E-state index in [1.54, 1.807) is 22.7 Å². The first kappa shape index (κ1) is 14.5. The Kier molecular flexibility index (Phi) is 5.39. The van der Waals surface area contributed by atoms with Crippen LogP contribution in [0.2, 0.25) is 0 Å². The van der Waals surface area contributed by atoms with Gasteiger partial charge in [-0.15, -0.1) is 43.1 Å². The van der Waals surface area contributed by atoms with Crippen molar-refractivity contribution in [2.75, 3.05) is 0 Å². The van der Waals surface area contributed by atoms with Crippen LogP contribution in [0.1, 0.15) is 59.1 Å². The lowest BCUT2D eigenvalue weighted by Gasteiger charge is -1.97. The molecular formula is C13H20N4S2. The standard InChI is InChI=1S/C13H20N4S2/c1-9(2)13-17-16-12(19-13)8-6-4-5-7-11-15-14-10(3)18-11/h9H,4-8H2,1-3H3. The van der Waals surface area contributed by atoms with Crippen LogP contribution in [0.25, 0.3) is 0 Å². The van der Waals surface area contributed by atoms with Crippen molar-refractivity contribution in [3.8, 4) is 0 Å². The van der Waals surface area contributed by atoms with Crippen molar-refractivity contribution in [2.24, 2.45) is 0 Å². The summed E-state index contributed by atoms with van der Waals surface area (Å²) in [6, 6.07) is 0. The Bertz CT molecular complexity index is 504. The molecule has 104 valence electrons. The molecule has 0 aliphatic heterocycles. The van der Waals surface area contributed by atoms with Gasteiger partial charge in [-0.2, -0.15) is 0 Å². The van der Waals surface area contributed by atoms with Crippen molar-refractivity contribution in [1.82, 2.24) is 20.4 Å². The summed E-state index contributed by atoms with van der Waals surface area (Å²) in [6.45, 7) is 6.33. The molecule has 0 N–H and O–H groups in total. The van der Waals surface area contributed by atoms with Crippen LogP contribution >= 0.6 is 22.7 Å². The first-order valence-corrected chi connectivity index (χ1v) is 8.39. The van der Waals surface area contributed by atoms with Crippen LogP contribution in [0, 0.1) is 6.92 Å². The number of aromatic nitrogens is 4. The van der Waals surface area contributed by atoms with Crippen molar-refractivity contribution >= 4 is 22.7 Å². The normalized spacial score (nSPS) is 11.4. The molecule has 2 aromatic heterocycles. The second-order valence-electron chi connectivity index (χ2n) is 4.96. The van der Waals surface area contributed by atoms with Gasteiger partial charge in [0, 0.05) is 18.8 Å². The summed E-state index contributed by atoms with van der Waals surface area (Å²) < 4.78 is 0. The van der Waals surface area contributed by atoms with E-state index in [0.29, 0.717) is 5.92 Å². The molecule has 2 rings (SSSR count). The largest absolute Gasteiger partial charge is 0.144 e. The summed E-state index contributed by atoms with van der Waals surface area (Å²) in [4.78, 5) is 0. The molecule has 0 spiro atoms. The van der Waals surface area contributed by atoms with Gasteiger partial charge in [0.05, 0.1) is 0 Å². The second-order valence-corrected chi connectivity index (χ2v) is 7.32. The van der Waals surface area contributed by atoms with Gasteiger partial charge in [-0.05, 0) is 19.8 Å². The van der Waals surface area contributed by atoms with Gasteiger partial charge >= 0.3 is 0 Å². The van der Waals surface area contributed by atoms with E-state index in [9.17, 15) is 0 Å². The molecule has 0 aromatic carbocycles. The minimum atomic E-state index is 0.492. The number of nitrogens with zero attached hydrogens (tertiary/aromatic N) is 4. The zero-order valence-electron chi connectivity index (χ0n) is 11.7. The Hall–Kier alpha value is -0.880. The van der Waals surface area contributed by atoms with Crippen molar-refractivity contribution < 1.29 is 0 Å². The number of hydrogen-bond acceptors (Lipinski definition) is 6. The van der Waals surface area contributed by atoms with E-state index >= 15 is 0 Å². The molecule has 0 bridgehead atoms. The molecule has 0 aliphatic carbocycles. The molecule has 0 atom stereocenters. The van der Waals surface area contributed by atoms with Crippen LogP contribution in [0.5, 0.6) is 0 Å². The zero-order valence-corrected chi connectivity index (χ0v) is 13.4. The van der Waals surface area contributed by atoms with E-state index in [-0.39, 0.29) is 0 Å². The highest BCUT2D eigenvalue weighted by atomic mass is 32.1.